The molecule has 0 radical (unpaired) electrons. The number of nitrogens with zero attached hydrogens (tertiary/aromatic N) is 5. The molecular formula is C24H37N5O5. The molecule has 4 heterocycles. The van der Waals surface area contributed by atoms with Crippen molar-refractivity contribution in [3.63, 3.8) is 0 Å². The zero-order chi connectivity index (χ0) is 24.6. The number of ether oxygens (including phenoxy) is 3. The molecule has 2 aromatic heterocycles. The van der Waals surface area contributed by atoms with Crippen LogP contribution in [0.3, 0.4) is 0 Å². The van der Waals surface area contributed by atoms with Crippen molar-refractivity contribution in [2.24, 2.45) is 7.05 Å². The number of aromatic nitrogens is 3. The molecule has 2 aliphatic rings. The zero-order valence-electron chi connectivity index (χ0n) is 21.1. The predicted octanol–water partition coefficient (Wildman–Crippen LogP) is 2.89. The highest BCUT2D eigenvalue weighted by atomic mass is 16.6. The molecule has 0 saturated carbocycles. The van der Waals surface area contributed by atoms with Crippen LogP contribution in [0.5, 0.6) is 0 Å². The van der Waals surface area contributed by atoms with Crippen molar-refractivity contribution in [2.75, 3.05) is 38.3 Å². The van der Waals surface area contributed by atoms with E-state index in [2.05, 4.69) is 4.90 Å². The van der Waals surface area contributed by atoms with E-state index in [1.807, 2.05) is 38.6 Å². The highest BCUT2D eigenvalue weighted by Crippen LogP contribution is 2.31. The number of hydrogen-bond acceptors (Lipinski definition) is 7. The van der Waals surface area contributed by atoms with E-state index >= 15 is 0 Å². The average Bonchev–Trinajstić information content (AvgIpc) is 3.23. The summed E-state index contributed by atoms with van der Waals surface area (Å²) in [6.45, 7) is 9.65. The van der Waals surface area contributed by atoms with Gasteiger partial charge in [-0.05, 0) is 47.0 Å². The lowest BCUT2D eigenvalue weighted by atomic mass is 10.1. The summed E-state index contributed by atoms with van der Waals surface area (Å²) in [7, 11) is 3.40. The molecule has 1 unspecified atom stereocenters. The third-order valence-electron chi connectivity index (χ3n) is 6.50. The SMILES string of the molecule is COC[C@H]1CN(C(=O)OC(C)(C)C)[C@H](C)CN1c1cc(=O)n(C)c2cn(C3CCCCO3)nc12. The number of piperazine rings is 1. The quantitative estimate of drug-likeness (QED) is 0.672. The van der Waals surface area contributed by atoms with Crippen LogP contribution < -0.4 is 10.5 Å². The van der Waals surface area contributed by atoms with Gasteiger partial charge in [0.15, 0.2) is 0 Å². The van der Waals surface area contributed by atoms with E-state index in [1.54, 1.807) is 29.7 Å². The van der Waals surface area contributed by atoms with Crippen molar-refractivity contribution in [3.05, 3.63) is 22.6 Å². The van der Waals surface area contributed by atoms with E-state index in [0.717, 1.165) is 36.0 Å². The first-order valence-electron chi connectivity index (χ1n) is 12.0. The van der Waals surface area contributed by atoms with Crippen molar-refractivity contribution in [3.8, 4) is 0 Å². The second kappa shape index (κ2) is 9.58. The van der Waals surface area contributed by atoms with Gasteiger partial charge in [-0.15, -0.1) is 0 Å². The first-order chi connectivity index (χ1) is 16.1. The van der Waals surface area contributed by atoms with Gasteiger partial charge in [-0.25, -0.2) is 9.48 Å². The van der Waals surface area contributed by atoms with Crippen LogP contribution in [0.15, 0.2) is 17.1 Å². The number of anilines is 1. The summed E-state index contributed by atoms with van der Waals surface area (Å²) >= 11 is 0. The van der Waals surface area contributed by atoms with Gasteiger partial charge in [-0.2, -0.15) is 5.10 Å². The van der Waals surface area contributed by atoms with Crippen molar-refractivity contribution in [1.29, 1.82) is 0 Å². The predicted molar refractivity (Wildman–Crippen MR) is 129 cm³/mol. The van der Waals surface area contributed by atoms with E-state index in [1.165, 1.54) is 0 Å². The van der Waals surface area contributed by atoms with Crippen molar-refractivity contribution in [2.45, 2.75) is 70.9 Å². The Bertz CT molecular complexity index is 1080. The van der Waals surface area contributed by atoms with Gasteiger partial charge in [0.1, 0.15) is 17.3 Å². The van der Waals surface area contributed by atoms with Crippen LogP contribution in [0.1, 0.15) is 53.2 Å². The summed E-state index contributed by atoms with van der Waals surface area (Å²) in [4.78, 5) is 29.7. The van der Waals surface area contributed by atoms with Crippen molar-refractivity contribution in [1.82, 2.24) is 19.2 Å². The maximum Gasteiger partial charge on any atom is 0.410 e. The summed E-state index contributed by atoms with van der Waals surface area (Å²) < 4.78 is 20.5. The van der Waals surface area contributed by atoms with E-state index in [4.69, 9.17) is 19.3 Å². The maximum absolute atomic E-state index is 12.9. The minimum absolute atomic E-state index is 0.106. The molecule has 0 N–H and O–H groups in total. The maximum atomic E-state index is 12.9. The Morgan fingerprint density at radius 3 is 2.68 bits per heavy atom. The van der Waals surface area contributed by atoms with E-state index in [9.17, 15) is 9.59 Å². The van der Waals surface area contributed by atoms with Gasteiger partial charge >= 0.3 is 6.09 Å². The number of carbonyl (C=O) groups is 1. The van der Waals surface area contributed by atoms with Crippen LogP contribution in [-0.4, -0.2) is 76.4 Å². The third-order valence-corrected chi connectivity index (χ3v) is 6.50. The molecular weight excluding hydrogens is 438 g/mol. The fourth-order valence-corrected chi connectivity index (χ4v) is 4.75. The monoisotopic (exact) mass is 475 g/mol. The Morgan fingerprint density at radius 2 is 2.03 bits per heavy atom. The molecule has 2 fully saturated rings. The van der Waals surface area contributed by atoms with Crippen molar-refractivity contribution >= 4 is 22.8 Å². The molecule has 1 amide bonds. The summed E-state index contributed by atoms with van der Waals surface area (Å²) in [5, 5.41) is 4.88. The summed E-state index contributed by atoms with van der Waals surface area (Å²) in [5.74, 6) is 0. The normalized spacial score (nSPS) is 24.0. The lowest BCUT2D eigenvalue weighted by molar-refractivity contribution is -0.0391. The van der Waals surface area contributed by atoms with E-state index in [-0.39, 0.29) is 30.0 Å². The van der Waals surface area contributed by atoms with Gasteiger partial charge in [-0.3, -0.25) is 4.79 Å². The van der Waals surface area contributed by atoms with Crippen LogP contribution in [0.2, 0.25) is 0 Å². The third kappa shape index (κ3) is 4.93. The highest BCUT2D eigenvalue weighted by molar-refractivity contribution is 5.88. The zero-order valence-corrected chi connectivity index (χ0v) is 21.1. The van der Waals surface area contributed by atoms with Gasteiger partial charge in [0.2, 0.25) is 0 Å². The molecule has 0 bridgehead atoms. The van der Waals surface area contributed by atoms with Crippen LogP contribution >= 0.6 is 0 Å². The second-order valence-electron chi connectivity index (χ2n) is 10.3. The number of carbonyl (C=O) groups excluding carboxylic acids is 1. The fourth-order valence-electron chi connectivity index (χ4n) is 4.75. The molecule has 34 heavy (non-hydrogen) atoms. The Morgan fingerprint density at radius 1 is 1.26 bits per heavy atom. The lowest BCUT2D eigenvalue weighted by Gasteiger charge is -2.46. The first kappa shape index (κ1) is 24.5. The molecule has 2 aliphatic heterocycles. The molecule has 10 heteroatoms. The van der Waals surface area contributed by atoms with Crippen LogP contribution in [0, 0.1) is 0 Å². The van der Waals surface area contributed by atoms with Crippen LogP contribution in [0.25, 0.3) is 11.0 Å². The molecule has 4 rings (SSSR count). The van der Waals surface area contributed by atoms with Gasteiger partial charge < -0.3 is 28.6 Å². The summed E-state index contributed by atoms with van der Waals surface area (Å²) in [6.07, 6.45) is 4.49. The Balaban J connectivity index is 1.70. The number of amides is 1. The average molecular weight is 476 g/mol. The largest absolute Gasteiger partial charge is 0.444 e. The molecule has 188 valence electrons. The Hall–Kier alpha value is -2.59. The molecule has 0 aliphatic carbocycles. The first-order valence-corrected chi connectivity index (χ1v) is 12.0. The summed E-state index contributed by atoms with van der Waals surface area (Å²) in [5.41, 5.74) is 1.58. The molecule has 0 spiro atoms. The smallest absolute Gasteiger partial charge is 0.410 e. The standard InChI is InChI=1S/C24H37N5O5/c1-16-12-28(17(15-32-6)13-27(16)23(31)34-24(2,3)4)18-11-20(30)26(5)19-14-29(25-22(18)19)21-9-7-8-10-33-21/h11,14,16-17,21H,7-10,12-13,15H2,1-6H3/t16-,17-,21?/m1/s1. The number of methoxy groups -OCH3 is 1. The summed E-state index contributed by atoms with van der Waals surface area (Å²) in [6, 6.07) is 1.37. The van der Waals surface area contributed by atoms with Crippen LogP contribution in [0.4, 0.5) is 10.5 Å². The van der Waals surface area contributed by atoms with Gasteiger partial charge in [-0.1, -0.05) is 0 Å². The second-order valence-corrected chi connectivity index (χ2v) is 10.3. The number of pyridine rings is 1. The van der Waals surface area contributed by atoms with Crippen LogP contribution in [-0.2, 0) is 21.3 Å². The fraction of sp³-hybridized carbons (Fsp3) is 0.708. The van der Waals surface area contributed by atoms with Gasteiger partial charge in [0.25, 0.3) is 5.56 Å². The Labute approximate surface area is 200 Å². The molecule has 3 atom stereocenters. The minimum Gasteiger partial charge on any atom is -0.444 e. The number of fused-ring (bicyclic) bond motifs is 1. The number of rotatable bonds is 4. The van der Waals surface area contributed by atoms with Crippen molar-refractivity contribution < 1.29 is 19.0 Å². The number of hydrogen-bond donors (Lipinski definition) is 0. The topological polar surface area (TPSA) is 91.1 Å². The molecule has 0 aromatic carbocycles. The Kier molecular flexibility index (Phi) is 6.91. The molecule has 2 aromatic rings. The van der Waals surface area contributed by atoms with E-state index in [0.29, 0.717) is 26.3 Å². The molecule has 2 saturated heterocycles. The van der Waals surface area contributed by atoms with Gasteiger partial charge in [0.05, 0.1) is 30.0 Å². The number of aryl methyl sites for hydroxylation is 1. The molecule has 10 nitrogen and oxygen atoms in total. The van der Waals surface area contributed by atoms with Gasteiger partial charge in [0, 0.05) is 46.0 Å². The van der Waals surface area contributed by atoms with E-state index < -0.39 is 5.60 Å². The lowest BCUT2D eigenvalue weighted by Crippen LogP contribution is -2.61. The minimum atomic E-state index is -0.573. The highest BCUT2D eigenvalue weighted by Gasteiger charge is 2.37.